The molecule has 0 amide bonds. The van der Waals surface area contributed by atoms with Crippen molar-refractivity contribution in [1.29, 1.82) is 0 Å². The Bertz CT molecular complexity index is 426. The van der Waals surface area contributed by atoms with Gasteiger partial charge in [-0.3, -0.25) is 0 Å². The van der Waals surface area contributed by atoms with Crippen molar-refractivity contribution in [3.63, 3.8) is 0 Å². The van der Waals surface area contributed by atoms with E-state index in [1.165, 1.54) is 11.3 Å². The summed E-state index contributed by atoms with van der Waals surface area (Å²) >= 11 is 1.30. The third kappa shape index (κ3) is 5.42. The van der Waals surface area contributed by atoms with Gasteiger partial charge in [-0.15, -0.1) is 11.3 Å². The van der Waals surface area contributed by atoms with E-state index in [1.54, 1.807) is 5.38 Å². The van der Waals surface area contributed by atoms with Gasteiger partial charge < -0.3 is 9.84 Å². The molecule has 1 atom stereocenters. The van der Waals surface area contributed by atoms with E-state index in [-0.39, 0.29) is 5.92 Å². The second kappa shape index (κ2) is 6.63. The molecular formula is C13H23NO3SSi. The first-order valence-corrected chi connectivity index (χ1v) is 11.1. The maximum Gasteiger partial charge on any atom is 0.357 e. The number of carbonyl (C=O) groups is 1. The summed E-state index contributed by atoms with van der Waals surface area (Å²) in [6.07, 6.45) is -0.617. The molecule has 0 aliphatic rings. The van der Waals surface area contributed by atoms with Crippen LogP contribution in [-0.2, 0) is 4.74 Å². The minimum Gasteiger partial charge on any atom is -0.461 e. The zero-order chi connectivity index (χ0) is 14.6. The van der Waals surface area contributed by atoms with Crippen molar-refractivity contribution in [2.45, 2.75) is 45.6 Å². The zero-order valence-electron chi connectivity index (χ0n) is 12.3. The van der Waals surface area contributed by atoms with Crippen LogP contribution in [0.3, 0.4) is 0 Å². The lowest BCUT2D eigenvalue weighted by Crippen LogP contribution is -2.22. The van der Waals surface area contributed by atoms with E-state index in [0.717, 1.165) is 6.04 Å². The number of carbonyl (C=O) groups excluding carboxylic acids is 1. The Morgan fingerprint density at radius 3 is 2.63 bits per heavy atom. The van der Waals surface area contributed by atoms with Gasteiger partial charge in [0.05, 0.1) is 6.61 Å². The molecule has 0 fully saturated rings. The minimum atomic E-state index is -1.19. The molecular weight excluding hydrogens is 278 g/mol. The fourth-order valence-electron chi connectivity index (χ4n) is 1.33. The highest BCUT2D eigenvalue weighted by Gasteiger charge is 2.20. The van der Waals surface area contributed by atoms with Crippen LogP contribution in [0.4, 0.5) is 0 Å². The number of nitrogens with zero attached hydrogens (tertiary/aromatic N) is 1. The third-order valence-corrected chi connectivity index (χ3v) is 5.32. The van der Waals surface area contributed by atoms with Gasteiger partial charge in [0.1, 0.15) is 11.1 Å². The maximum absolute atomic E-state index is 11.8. The van der Waals surface area contributed by atoms with Gasteiger partial charge in [-0.2, -0.15) is 0 Å². The number of aliphatic hydroxyl groups is 1. The average Bonchev–Trinajstić information content (AvgIpc) is 2.75. The molecule has 1 rings (SSSR count). The Kier molecular flexibility index (Phi) is 5.70. The number of hydrogen-bond acceptors (Lipinski definition) is 5. The Morgan fingerprint density at radius 2 is 2.11 bits per heavy atom. The highest BCUT2D eigenvalue weighted by Crippen LogP contribution is 2.24. The van der Waals surface area contributed by atoms with Crippen LogP contribution in [0.2, 0.25) is 25.7 Å². The summed E-state index contributed by atoms with van der Waals surface area (Å²) in [6, 6.07) is 0.949. The van der Waals surface area contributed by atoms with Crippen LogP contribution in [0.15, 0.2) is 5.38 Å². The molecule has 1 N–H and O–H groups in total. The highest BCUT2D eigenvalue weighted by molar-refractivity contribution is 7.09. The van der Waals surface area contributed by atoms with Gasteiger partial charge in [0, 0.05) is 13.5 Å². The second-order valence-electron chi connectivity index (χ2n) is 6.21. The number of hydrogen-bond donors (Lipinski definition) is 1. The summed E-state index contributed by atoms with van der Waals surface area (Å²) in [4.78, 5) is 15.9. The van der Waals surface area contributed by atoms with Crippen LogP contribution in [-0.4, -0.2) is 30.7 Å². The Labute approximate surface area is 119 Å². The Balaban J connectivity index is 2.54. The molecule has 0 saturated carbocycles. The molecule has 19 heavy (non-hydrogen) atoms. The number of esters is 1. The monoisotopic (exact) mass is 301 g/mol. The fraction of sp³-hybridized carbons (Fsp3) is 0.692. The normalized spacial score (nSPS) is 13.6. The highest BCUT2D eigenvalue weighted by atomic mass is 32.1. The van der Waals surface area contributed by atoms with Crippen molar-refractivity contribution in [3.05, 3.63) is 16.1 Å². The first kappa shape index (κ1) is 16.3. The van der Waals surface area contributed by atoms with Crippen molar-refractivity contribution >= 4 is 25.4 Å². The second-order valence-corrected chi connectivity index (χ2v) is 12.7. The number of ether oxygens (including phenoxy) is 1. The minimum absolute atomic E-state index is 0.0851. The van der Waals surface area contributed by atoms with Crippen LogP contribution in [0.5, 0.6) is 0 Å². The zero-order valence-corrected chi connectivity index (χ0v) is 14.1. The number of rotatable bonds is 6. The smallest absolute Gasteiger partial charge is 0.357 e. The van der Waals surface area contributed by atoms with E-state index in [9.17, 15) is 9.90 Å². The predicted octanol–water partition coefficient (Wildman–Crippen LogP) is 3.33. The summed E-state index contributed by atoms with van der Waals surface area (Å²) < 4.78 is 5.22. The predicted molar refractivity (Wildman–Crippen MR) is 80.3 cm³/mol. The molecule has 0 unspecified atom stereocenters. The average molecular weight is 301 g/mol. The largest absolute Gasteiger partial charge is 0.461 e. The van der Waals surface area contributed by atoms with E-state index in [4.69, 9.17) is 4.74 Å². The molecule has 0 bridgehead atoms. The van der Waals surface area contributed by atoms with Crippen molar-refractivity contribution in [3.8, 4) is 0 Å². The number of aromatic nitrogens is 1. The summed E-state index contributed by atoms with van der Waals surface area (Å²) in [5, 5.41) is 12.1. The van der Waals surface area contributed by atoms with Crippen LogP contribution >= 0.6 is 11.3 Å². The van der Waals surface area contributed by atoms with Crippen LogP contribution in [0, 0.1) is 5.92 Å². The van der Waals surface area contributed by atoms with Crippen molar-refractivity contribution in [2.24, 2.45) is 5.92 Å². The lowest BCUT2D eigenvalue weighted by atomic mass is 10.1. The van der Waals surface area contributed by atoms with Crippen molar-refractivity contribution in [2.75, 3.05) is 6.61 Å². The van der Waals surface area contributed by atoms with Gasteiger partial charge in [-0.1, -0.05) is 33.5 Å². The van der Waals surface area contributed by atoms with Crippen molar-refractivity contribution < 1.29 is 14.6 Å². The molecule has 0 aromatic carbocycles. The number of aliphatic hydroxyl groups excluding tert-OH is 1. The van der Waals surface area contributed by atoms with Crippen molar-refractivity contribution in [1.82, 2.24) is 4.98 Å². The van der Waals surface area contributed by atoms with E-state index in [2.05, 4.69) is 24.6 Å². The molecule has 1 aromatic rings. The molecule has 0 saturated heterocycles. The first-order chi connectivity index (χ1) is 8.70. The van der Waals surface area contributed by atoms with E-state index < -0.39 is 20.1 Å². The first-order valence-electron chi connectivity index (χ1n) is 6.51. The molecule has 1 heterocycles. The third-order valence-electron chi connectivity index (χ3n) is 2.70. The van der Waals surface area contributed by atoms with Crippen LogP contribution in [0.25, 0.3) is 0 Å². The fourth-order valence-corrected chi connectivity index (χ4v) is 2.98. The van der Waals surface area contributed by atoms with E-state index in [0.29, 0.717) is 17.3 Å². The van der Waals surface area contributed by atoms with Gasteiger partial charge in [0.15, 0.2) is 5.69 Å². The summed E-state index contributed by atoms with van der Waals surface area (Å²) in [6.45, 7) is 11.0. The van der Waals surface area contributed by atoms with Gasteiger partial charge >= 0.3 is 5.97 Å². The van der Waals surface area contributed by atoms with Crippen LogP contribution < -0.4 is 0 Å². The molecule has 4 nitrogen and oxygen atoms in total. The Morgan fingerprint density at radius 1 is 1.47 bits per heavy atom. The quantitative estimate of drug-likeness (QED) is 0.647. The topological polar surface area (TPSA) is 59.4 Å². The van der Waals surface area contributed by atoms with Gasteiger partial charge in [0.25, 0.3) is 0 Å². The summed E-state index contributed by atoms with van der Waals surface area (Å²) in [5.74, 6) is -0.307. The maximum atomic E-state index is 11.8. The van der Waals surface area contributed by atoms with Gasteiger partial charge in [0.2, 0.25) is 0 Å². The van der Waals surface area contributed by atoms with E-state index >= 15 is 0 Å². The summed E-state index contributed by atoms with van der Waals surface area (Å²) in [7, 11) is -1.19. The van der Waals surface area contributed by atoms with E-state index in [1.807, 2.05) is 13.8 Å². The lowest BCUT2D eigenvalue weighted by Gasteiger charge is -2.14. The molecule has 108 valence electrons. The van der Waals surface area contributed by atoms with Crippen LogP contribution in [0.1, 0.15) is 35.4 Å². The molecule has 0 aliphatic heterocycles. The molecule has 0 aliphatic carbocycles. The lowest BCUT2D eigenvalue weighted by molar-refractivity contribution is 0.0518. The molecule has 6 heteroatoms. The van der Waals surface area contributed by atoms with Gasteiger partial charge in [-0.25, -0.2) is 9.78 Å². The molecule has 1 aromatic heterocycles. The Hall–Kier alpha value is -0.723. The molecule has 0 radical (unpaired) electrons. The standard InChI is InChI=1S/C13H23NO3SSi/c1-9(2)11(15)12-14-10(8-18-12)13(16)17-6-7-19(3,4)5/h8-9,11,15H,6-7H2,1-5H3/t11-/m0/s1. The summed E-state index contributed by atoms with van der Waals surface area (Å²) in [5.41, 5.74) is 0.301. The van der Waals surface area contributed by atoms with Gasteiger partial charge in [-0.05, 0) is 12.0 Å². The molecule has 0 spiro atoms. The number of thiazole rings is 1. The SMILES string of the molecule is CC(C)[C@H](O)c1nc(C(=O)OCC[Si](C)(C)C)cs1.